The predicted octanol–water partition coefficient (Wildman–Crippen LogP) is 4.79. The second kappa shape index (κ2) is 13.2. The zero-order valence-electron chi connectivity index (χ0n) is 20.1. The summed E-state index contributed by atoms with van der Waals surface area (Å²) in [4.78, 5) is 28.8. The van der Waals surface area contributed by atoms with Gasteiger partial charge in [0.25, 0.3) is 0 Å². The summed E-state index contributed by atoms with van der Waals surface area (Å²) in [6.45, 7) is 3.01. The van der Waals surface area contributed by atoms with Crippen LogP contribution in [-0.2, 0) is 29.0 Å². The molecular formula is C29H34N2O3. The molecule has 0 radical (unpaired) electrons. The molecule has 34 heavy (non-hydrogen) atoms. The SMILES string of the molecule is CCCCNC(=O)[C@@H](Cc1ccccc1)N(Cc1cccc(OC)c1)C(=O)Cc1ccccc1. The zero-order valence-corrected chi connectivity index (χ0v) is 20.1. The molecule has 2 amide bonds. The molecule has 0 aliphatic rings. The van der Waals surface area contributed by atoms with Gasteiger partial charge in [0.15, 0.2) is 0 Å². The average Bonchev–Trinajstić information content (AvgIpc) is 2.87. The maximum Gasteiger partial charge on any atom is 0.243 e. The Morgan fingerprint density at radius 2 is 1.53 bits per heavy atom. The largest absolute Gasteiger partial charge is 0.497 e. The highest BCUT2D eigenvalue weighted by Crippen LogP contribution is 2.19. The van der Waals surface area contributed by atoms with E-state index in [1.165, 1.54) is 0 Å². The van der Waals surface area contributed by atoms with Crippen LogP contribution in [0.5, 0.6) is 5.75 Å². The summed E-state index contributed by atoms with van der Waals surface area (Å²) in [7, 11) is 1.62. The molecule has 0 bridgehead atoms. The van der Waals surface area contributed by atoms with Crippen molar-refractivity contribution in [1.82, 2.24) is 10.2 Å². The van der Waals surface area contributed by atoms with Gasteiger partial charge in [0.1, 0.15) is 11.8 Å². The van der Waals surface area contributed by atoms with Crippen molar-refractivity contribution in [2.75, 3.05) is 13.7 Å². The zero-order chi connectivity index (χ0) is 24.2. The predicted molar refractivity (Wildman–Crippen MR) is 136 cm³/mol. The van der Waals surface area contributed by atoms with Gasteiger partial charge in [-0.15, -0.1) is 0 Å². The van der Waals surface area contributed by atoms with Gasteiger partial charge in [-0.05, 0) is 35.2 Å². The van der Waals surface area contributed by atoms with Gasteiger partial charge in [-0.1, -0.05) is 86.1 Å². The van der Waals surface area contributed by atoms with Gasteiger partial charge in [0, 0.05) is 19.5 Å². The minimum atomic E-state index is -0.623. The molecule has 1 atom stereocenters. The van der Waals surface area contributed by atoms with Crippen LogP contribution >= 0.6 is 0 Å². The molecule has 0 fully saturated rings. The smallest absolute Gasteiger partial charge is 0.243 e. The number of hydrogen-bond acceptors (Lipinski definition) is 3. The number of carbonyl (C=O) groups excluding carboxylic acids is 2. The van der Waals surface area contributed by atoms with Crippen LogP contribution < -0.4 is 10.1 Å². The molecule has 0 aliphatic heterocycles. The lowest BCUT2D eigenvalue weighted by Crippen LogP contribution is -2.51. The number of nitrogens with one attached hydrogen (secondary N) is 1. The fourth-order valence-corrected chi connectivity index (χ4v) is 3.90. The van der Waals surface area contributed by atoms with Gasteiger partial charge in [0.2, 0.25) is 11.8 Å². The van der Waals surface area contributed by atoms with Gasteiger partial charge < -0.3 is 15.0 Å². The molecule has 3 aromatic carbocycles. The number of benzene rings is 3. The minimum Gasteiger partial charge on any atom is -0.497 e. The van der Waals surface area contributed by atoms with Crippen LogP contribution in [0.4, 0.5) is 0 Å². The number of ether oxygens (including phenoxy) is 1. The van der Waals surface area contributed by atoms with Crippen LogP contribution in [-0.4, -0.2) is 36.4 Å². The van der Waals surface area contributed by atoms with Crippen LogP contribution in [0.15, 0.2) is 84.9 Å². The third-order valence-corrected chi connectivity index (χ3v) is 5.79. The first-order chi connectivity index (χ1) is 16.6. The van der Waals surface area contributed by atoms with Crippen molar-refractivity contribution >= 4 is 11.8 Å². The summed E-state index contributed by atoms with van der Waals surface area (Å²) in [6.07, 6.45) is 2.57. The third-order valence-electron chi connectivity index (χ3n) is 5.79. The highest BCUT2D eigenvalue weighted by atomic mass is 16.5. The molecule has 0 aliphatic carbocycles. The molecular weight excluding hydrogens is 424 g/mol. The van der Waals surface area contributed by atoms with Gasteiger partial charge in [-0.2, -0.15) is 0 Å². The Labute approximate surface area is 202 Å². The van der Waals surface area contributed by atoms with Crippen LogP contribution in [0, 0.1) is 0 Å². The van der Waals surface area contributed by atoms with Crippen molar-refractivity contribution in [2.24, 2.45) is 0 Å². The van der Waals surface area contributed by atoms with Crippen molar-refractivity contribution in [3.63, 3.8) is 0 Å². The molecule has 0 heterocycles. The number of rotatable bonds is 12. The lowest BCUT2D eigenvalue weighted by atomic mass is 10.0. The van der Waals surface area contributed by atoms with Crippen LogP contribution in [0.2, 0.25) is 0 Å². The quantitative estimate of drug-likeness (QED) is 0.397. The van der Waals surface area contributed by atoms with E-state index in [1.807, 2.05) is 84.9 Å². The maximum absolute atomic E-state index is 13.7. The molecule has 0 saturated heterocycles. The summed E-state index contributed by atoms with van der Waals surface area (Å²) in [5.41, 5.74) is 2.86. The minimum absolute atomic E-state index is 0.0828. The number of methoxy groups -OCH3 is 1. The number of unbranched alkanes of at least 4 members (excludes halogenated alkanes) is 1. The normalized spacial score (nSPS) is 11.5. The fraction of sp³-hybridized carbons (Fsp3) is 0.310. The molecule has 0 spiro atoms. The fourth-order valence-electron chi connectivity index (χ4n) is 3.90. The van der Waals surface area contributed by atoms with E-state index < -0.39 is 6.04 Å². The molecule has 3 aromatic rings. The van der Waals surface area contributed by atoms with Crippen LogP contribution in [0.3, 0.4) is 0 Å². The Bertz CT molecular complexity index is 1040. The maximum atomic E-state index is 13.7. The first kappa shape index (κ1) is 25.0. The van der Waals surface area contributed by atoms with Crippen molar-refractivity contribution in [3.05, 3.63) is 102 Å². The first-order valence-electron chi connectivity index (χ1n) is 11.9. The Hall–Kier alpha value is -3.60. The summed E-state index contributed by atoms with van der Waals surface area (Å²) in [5, 5.41) is 3.05. The van der Waals surface area contributed by atoms with Crippen molar-refractivity contribution < 1.29 is 14.3 Å². The van der Waals surface area contributed by atoms with E-state index >= 15 is 0 Å². The second-order valence-corrected chi connectivity index (χ2v) is 8.39. The molecule has 178 valence electrons. The third kappa shape index (κ3) is 7.48. The number of amides is 2. The lowest BCUT2D eigenvalue weighted by Gasteiger charge is -2.32. The molecule has 0 aromatic heterocycles. The van der Waals surface area contributed by atoms with Crippen molar-refractivity contribution in [1.29, 1.82) is 0 Å². The summed E-state index contributed by atoms with van der Waals surface area (Å²) in [5.74, 6) is 0.516. The topological polar surface area (TPSA) is 58.6 Å². The number of carbonyl (C=O) groups is 2. The van der Waals surface area contributed by atoms with Crippen LogP contribution in [0.1, 0.15) is 36.5 Å². The Morgan fingerprint density at radius 1 is 0.882 bits per heavy atom. The van der Waals surface area contributed by atoms with E-state index in [-0.39, 0.29) is 18.2 Å². The molecule has 5 heteroatoms. The first-order valence-corrected chi connectivity index (χ1v) is 11.9. The van der Waals surface area contributed by atoms with Crippen molar-refractivity contribution in [3.8, 4) is 5.75 Å². The van der Waals surface area contributed by atoms with E-state index in [0.29, 0.717) is 19.5 Å². The van der Waals surface area contributed by atoms with Crippen LogP contribution in [0.25, 0.3) is 0 Å². The van der Waals surface area contributed by atoms with E-state index in [9.17, 15) is 9.59 Å². The highest BCUT2D eigenvalue weighted by molar-refractivity contribution is 5.88. The molecule has 0 saturated carbocycles. The van der Waals surface area contributed by atoms with Gasteiger partial charge in [0.05, 0.1) is 13.5 Å². The van der Waals surface area contributed by atoms with Gasteiger partial charge in [-0.25, -0.2) is 0 Å². The molecule has 3 rings (SSSR count). The molecule has 5 nitrogen and oxygen atoms in total. The Balaban J connectivity index is 1.93. The van der Waals surface area contributed by atoms with E-state index in [4.69, 9.17) is 4.74 Å². The molecule has 0 unspecified atom stereocenters. The van der Waals surface area contributed by atoms with E-state index in [0.717, 1.165) is 35.3 Å². The highest BCUT2D eigenvalue weighted by Gasteiger charge is 2.30. The Kier molecular flexibility index (Phi) is 9.71. The van der Waals surface area contributed by atoms with E-state index in [1.54, 1.807) is 12.0 Å². The summed E-state index contributed by atoms with van der Waals surface area (Å²) in [6, 6.07) is 26.6. The van der Waals surface area contributed by atoms with E-state index in [2.05, 4.69) is 12.2 Å². The second-order valence-electron chi connectivity index (χ2n) is 8.39. The standard InChI is InChI=1S/C29H34N2O3/c1-3-4-18-30-29(33)27(20-23-12-7-5-8-13-23)31(22-25-16-11-17-26(19-25)34-2)28(32)21-24-14-9-6-10-15-24/h5-17,19,27H,3-4,18,20-22H2,1-2H3,(H,30,33)/t27-/m1/s1. The van der Waals surface area contributed by atoms with Gasteiger partial charge >= 0.3 is 0 Å². The number of nitrogens with zero attached hydrogens (tertiary/aromatic N) is 1. The monoisotopic (exact) mass is 458 g/mol. The molecule has 1 N–H and O–H groups in total. The van der Waals surface area contributed by atoms with Gasteiger partial charge in [-0.3, -0.25) is 9.59 Å². The average molecular weight is 459 g/mol. The Morgan fingerprint density at radius 3 is 2.18 bits per heavy atom. The number of hydrogen-bond donors (Lipinski definition) is 1. The van der Waals surface area contributed by atoms with Crippen molar-refractivity contribution in [2.45, 2.75) is 45.2 Å². The summed E-state index contributed by atoms with van der Waals surface area (Å²) < 4.78 is 5.38. The lowest BCUT2D eigenvalue weighted by molar-refractivity contribution is -0.140. The summed E-state index contributed by atoms with van der Waals surface area (Å²) >= 11 is 0.